The molecule has 0 spiro atoms. The van der Waals surface area contributed by atoms with Crippen molar-refractivity contribution in [1.29, 1.82) is 0 Å². The van der Waals surface area contributed by atoms with E-state index in [2.05, 4.69) is 57.3 Å². The van der Waals surface area contributed by atoms with E-state index in [9.17, 15) is 4.21 Å². The SMILES string of the molecule is CCCNC(CS(=O)CC(C)CC)c1ccc(CC)cc1. The predicted molar refractivity (Wildman–Crippen MR) is 94.2 cm³/mol. The lowest BCUT2D eigenvalue weighted by atomic mass is 10.0. The molecule has 21 heavy (non-hydrogen) atoms. The highest BCUT2D eigenvalue weighted by Gasteiger charge is 2.15. The van der Waals surface area contributed by atoms with Crippen molar-refractivity contribution >= 4 is 10.8 Å². The van der Waals surface area contributed by atoms with E-state index >= 15 is 0 Å². The molecule has 3 unspecified atom stereocenters. The number of aryl methyl sites for hydroxylation is 1. The predicted octanol–water partition coefficient (Wildman–Crippen LogP) is 4.08. The van der Waals surface area contributed by atoms with Gasteiger partial charge in [0.2, 0.25) is 0 Å². The summed E-state index contributed by atoms with van der Waals surface area (Å²) in [5.74, 6) is 2.07. The van der Waals surface area contributed by atoms with Gasteiger partial charge in [-0.25, -0.2) is 0 Å². The Hall–Kier alpha value is -0.670. The van der Waals surface area contributed by atoms with E-state index in [0.717, 1.165) is 37.3 Å². The molecule has 3 heteroatoms. The average Bonchev–Trinajstić information content (AvgIpc) is 2.51. The monoisotopic (exact) mass is 309 g/mol. The lowest BCUT2D eigenvalue weighted by Crippen LogP contribution is -2.28. The Kier molecular flexibility index (Phi) is 8.86. The Morgan fingerprint density at radius 1 is 1.10 bits per heavy atom. The van der Waals surface area contributed by atoms with Crippen LogP contribution in [0.2, 0.25) is 0 Å². The fraction of sp³-hybridized carbons (Fsp3) is 0.667. The molecule has 0 aromatic heterocycles. The molecule has 0 fully saturated rings. The Morgan fingerprint density at radius 3 is 2.29 bits per heavy atom. The fourth-order valence-electron chi connectivity index (χ4n) is 2.27. The van der Waals surface area contributed by atoms with Gasteiger partial charge in [0.25, 0.3) is 0 Å². The highest BCUT2D eigenvalue weighted by atomic mass is 32.2. The maximum Gasteiger partial charge on any atom is 0.0436 e. The van der Waals surface area contributed by atoms with Gasteiger partial charge in [-0.1, -0.05) is 58.4 Å². The van der Waals surface area contributed by atoms with Crippen LogP contribution in [0, 0.1) is 5.92 Å². The molecular formula is C18H31NOS. The molecule has 3 atom stereocenters. The highest BCUT2D eigenvalue weighted by molar-refractivity contribution is 7.85. The Bertz CT molecular complexity index is 416. The second kappa shape index (κ2) is 10.1. The summed E-state index contributed by atoms with van der Waals surface area (Å²) in [5.41, 5.74) is 2.62. The molecule has 1 N–H and O–H groups in total. The van der Waals surface area contributed by atoms with Gasteiger partial charge in [0.1, 0.15) is 0 Å². The molecule has 0 amide bonds. The summed E-state index contributed by atoms with van der Waals surface area (Å²) in [4.78, 5) is 0. The normalized spacial score (nSPS) is 15.6. The van der Waals surface area contributed by atoms with Crippen molar-refractivity contribution in [3.63, 3.8) is 0 Å². The molecule has 0 aliphatic heterocycles. The molecule has 0 bridgehead atoms. The molecule has 0 heterocycles. The van der Waals surface area contributed by atoms with Gasteiger partial charge >= 0.3 is 0 Å². The summed E-state index contributed by atoms with van der Waals surface area (Å²) in [7, 11) is -0.754. The Labute approximate surface area is 133 Å². The van der Waals surface area contributed by atoms with Crippen molar-refractivity contribution in [1.82, 2.24) is 5.32 Å². The van der Waals surface area contributed by atoms with Crippen molar-refractivity contribution in [2.75, 3.05) is 18.1 Å². The highest BCUT2D eigenvalue weighted by Crippen LogP contribution is 2.17. The smallest absolute Gasteiger partial charge is 0.0436 e. The number of benzene rings is 1. The summed E-state index contributed by atoms with van der Waals surface area (Å²) in [6.07, 6.45) is 3.26. The molecule has 1 aromatic rings. The van der Waals surface area contributed by atoms with Gasteiger partial charge in [-0.3, -0.25) is 4.21 Å². The first-order valence-electron chi connectivity index (χ1n) is 8.27. The maximum atomic E-state index is 12.4. The number of hydrogen-bond acceptors (Lipinski definition) is 2. The minimum Gasteiger partial charge on any atom is -0.309 e. The van der Waals surface area contributed by atoms with Crippen molar-refractivity contribution < 1.29 is 4.21 Å². The van der Waals surface area contributed by atoms with Crippen molar-refractivity contribution in [3.05, 3.63) is 35.4 Å². The second-order valence-corrected chi connectivity index (χ2v) is 7.43. The second-order valence-electron chi connectivity index (χ2n) is 5.89. The zero-order valence-corrected chi connectivity index (χ0v) is 14.8. The summed E-state index contributed by atoms with van der Waals surface area (Å²) >= 11 is 0. The van der Waals surface area contributed by atoms with E-state index < -0.39 is 10.8 Å². The van der Waals surface area contributed by atoms with E-state index in [-0.39, 0.29) is 6.04 Å². The van der Waals surface area contributed by atoms with E-state index in [4.69, 9.17) is 0 Å². The number of rotatable bonds is 10. The Balaban J connectivity index is 2.71. The largest absolute Gasteiger partial charge is 0.309 e. The van der Waals surface area contributed by atoms with E-state index in [0.29, 0.717) is 5.92 Å². The third-order valence-corrected chi connectivity index (χ3v) is 5.60. The van der Waals surface area contributed by atoms with Crippen LogP contribution >= 0.6 is 0 Å². The van der Waals surface area contributed by atoms with Gasteiger partial charge in [-0.15, -0.1) is 0 Å². The topological polar surface area (TPSA) is 29.1 Å². The van der Waals surface area contributed by atoms with Crippen LogP contribution in [-0.2, 0) is 17.2 Å². The standard InChI is InChI=1S/C18H31NOS/c1-5-12-19-18(14-21(20)13-15(4)6-2)17-10-8-16(7-3)9-11-17/h8-11,15,18-19H,5-7,12-14H2,1-4H3. The van der Waals surface area contributed by atoms with Crippen LogP contribution in [0.4, 0.5) is 0 Å². The molecule has 0 radical (unpaired) electrons. The van der Waals surface area contributed by atoms with Gasteiger partial charge in [0.15, 0.2) is 0 Å². The molecule has 0 saturated heterocycles. The zero-order chi connectivity index (χ0) is 15.7. The third kappa shape index (κ3) is 6.75. The van der Waals surface area contributed by atoms with E-state index in [1.165, 1.54) is 11.1 Å². The van der Waals surface area contributed by atoms with E-state index in [1.54, 1.807) is 0 Å². The quantitative estimate of drug-likeness (QED) is 0.705. The van der Waals surface area contributed by atoms with Gasteiger partial charge in [0.05, 0.1) is 0 Å². The van der Waals surface area contributed by atoms with Crippen LogP contribution in [0.5, 0.6) is 0 Å². The minimum atomic E-state index is -0.754. The summed E-state index contributed by atoms with van der Waals surface area (Å²) in [6, 6.07) is 8.96. The van der Waals surface area contributed by atoms with Crippen LogP contribution in [0.3, 0.4) is 0 Å². The van der Waals surface area contributed by atoms with Gasteiger partial charge in [-0.2, -0.15) is 0 Å². The van der Waals surface area contributed by atoms with Crippen LogP contribution in [0.25, 0.3) is 0 Å². The van der Waals surface area contributed by atoms with Crippen LogP contribution < -0.4 is 5.32 Å². The number of nitrogens with one attached hydrogen (secondary N) is 1. The van der Waals surface area contributed by atoms with Gasteiger partial charge in [-0.05, 0) is 36.4 Å². The van der Waals surface area contributed by atoms with Gasteiger partial charge in [0, 0.05) is 28.3 Å². The fourth-order valence-corrected chi connectivity index (χ4v) is 3.95. The zero-order valence-electron chi connectivity index (χ0n) is 14.0. The molecule has 0 saturated carbocycles. The van der Waals surface area contributed by atoms with Crippen LogP contribution in [0.15, 0.2) is 24.3 Å². The number of hydrogen-bond donors (Lipinski definition) is 1. The molecule has 0 aliphatic rings. The first-order chi connectivity index (χ1) is 10.1. The van der Waals surface area contributed by atoms with Gasteiger partial charge < -0.3 is 5.32 Å². The molecular weight excluding hydrogens is 278 g/mol. The minimum absolute atomic E-state index is 0.209. The Morgan fingerprint density at radius 2 is 1.76 bits per heavy atom. The molecule has 120 valence electrons. The molecule has 0 aliphatic carbocycles. The molecule has 1 aromatic carbocycles. The summed E-state index contributed by atoms with van der Waals surface area (Å²) in [5, 5.41) is 3.55. The lowest BCUT2D eigenvalue weighted by molar-refractivity contribution is 0.564. The first kappa shape index (κ1) is 18.4. The summed E-state index contributed by atoms with van der Waals surface area (Å²) in [6.45, 7) is 9.66. The van der Waals surface area contributed by atoms with Crippen molar-refractivity contribution in [2.24, 2.45) is 5.92 Å². The van der Waals surface area contributed by atoms with Crippen LogP contribution in [-0.4, -0.2) is 22.3 Å². The van der Waals surface area contributed by atoms with E-state index in [1.807, 2.05) is 0 Å². The average molecular weight is 310 g/mol. The summed E-state index contributed by atoms with van der Waals surface area (Å²) < 4.78 is 12.4. The lowest BCUT2D eigenvalue weighted by Gasteiger charge is -2.20. The molecule has 2 nitrogen and oxygen atoms in total. The third-order valence-electron chi connectivity index (χ3n) is 3.95. The first-order valence-corrected chi connectivity index (χ1v) is 9.76. The van der Waals surface area contributed by atoms with Crippen molar-refractivity contribution in [2.45, 2.75) is 53.0 Å². The molecule has 1 rings (SSSR count). The van der Waals surface area contributed by atoms with Crippen LogP contribution in [0.1, 0.15) is 57.7 Å². The maximum absolute atomic E-state index is 12.4. The van der Waals surface area contributed by atoms with Crippen molar-refractivity contribution in [3.8, 4) is 0 Å².